The van der Waals surface area contributed by atoms with Crippen LogP contribution in [0.4, 0.5) is 23.2 Å². The highest BCUT2D eigenvalue weighted by Gasteiger charge is 2.29. The molecule has 0 amide bonds. The Morgan fingerprint density at radius 2 is 1.42 bits per heavy atom. The van der Waals surface area contributed by atoms with Gasteiger partial charge in [0, 0.05) is 27.3 Å². The van der Waals surface area contributed by atoms with Crippen LogP contribution >= 0.6 is 11.7 Å². The molecule has 0 atom stereocenters. The second-order valence-electron chi connectivity index (χ2n) is 9.61. The molecular formula is C33H13F4N5S. The van der Waals surface area contributed by atoms with E-state index in [4.69, 9.17) is 16.8 Å². The standard InChI is InChI=1S/C33H13F4N5S/c1-39-23-10-6-5-9-18(23)17-11-12-19-24(13-17)40-31(16-7-3-2-4-8-16)20-14-21(32-33(25(19)20)42-43-41-32)26-29(36)27(34)22(15-38)28(35)30(26)37/h2-14H. The third-order valence-electron chi connectivity index (χ3n) is 7.32. The molecule has 2 aromatic heterocycles. The monoisotopic (exact) mass is 587 g/mol. The predicted molar refractivity (Wildman–Crippen MR) is 157 cm³/mol. The van der Waals surface area contributed by atoms with Gasteiger partial charge >= 0.3 is 0 Å². The molecule has 0 fully saturated rings. The number of rotatable bonds is 3. The second-order valence-corrected chi connectivity index (χ2v) is 10.1. The third kappa shape index (κ3) is 3.92. The molecule has 0 unspecified atom stereocenters. The highest BCUT2D eigenvalue weighted by molar-refractivity contribution is 7.00. The van der Waals surface area contributed by atoms with Crippen molar-refractivity contribution in [2.45, 2.75) is 0 Å². The molecule has 0 bridgehead atoms. The van der Waals surface area contributed by atoms with Crippen LogP contribution in [0.2, 0.25) is 0 Å². The van der Waals surface area contributed by atoms with E-state index in [-0.39, 0.29) is 16.6 Å². The summed E-state index contributed by atoms with van der Waals surface area (Å²) in [6.07, 6.45) is 0. The molecule has 0 N–H and O–H groups in total. The number of aromatic nitrogens is 3. The Hall–Kier alpha value is -5.71. The first-order chi connectivity index (χ1) is 20.9. The van der Waals surface area contributed by atoms with Crippen LogP contribution in [-0.2, 0) is 0 Å². The zero-order valence-electron chi connectivity index (χ0n) is 21.7. The minimum atomic E-state index is -1.79. The van der Waals surface area contributed by atoms with Crippen LogP contribution in [-0.4, -0.2) is 13.7 Å². The van der Waals surface area contributed by atoms with E-state index in [0.717, 1.165) is 22.9 Å². The molecule has 5 nitrogen and oxygen atoms in total. The molecule has 0 aliphatic heterocycles. The molecule has 7 rings (SSSR count). The molecule has 43 heavy (non-hydrogen) atoms. The quantitative estimate of drug-likeness (QED) is 0.0894. The van der Waals surface area contributed by atoms with Crippen molar-refractivity contribution in [3.8, 4) is 39.6 Å². The van der Waals surface area contributed by atoms with Crippen LogP contribution in [0.25, 0.3) is 71.1 Å². The summed E-state index contributed by atoms with van der Waals surface area (Å²) in [7, 11) is 0. The number of para-hydroxylation sites is 1. The van der Waals surface area contributed by atoms with Crippen LogP contribution in [0.1, 0.15) is 5.56 Å². The van der Waals surface area contributed by atoms with E-state index in [1.165, 1.54) is 12.1 Å². The van der Waals surface area contributed by atoms with Gasteiger partial charge in [-0.3, -0.25) is 0 Å². The summed E-state index contributed by atoms with van der Waals surface area (Å²) in [6.45, 7) is 7.57. The number of fused-ring (bicyclic) bond motifs is 5. The van der Waals surface area contributed by atoms with E-state index >= 15 is 8.78 Å². The fourth-order valence-corrected chi connectivity index (χ4v) is 5.94. The number of hydrogen-bond donors (Lipinski definition) is 0. The Kier molecular flexibility index (Phi) is 6.08. The van der Waals surface area contributed by atoms with Crippen LogP contribution < -0.4 is 0 Å². The highest BCUT2D eigenvalue weighted by atomic mass is 32.1. The molecule has 0 spiro atoms. The van der Waals surface area contributed by atoms with Gasteiger partial charge in [-0.2, -0.15) is 14.0 Å². The predicted octanol–water partition coefficient (Wildman–Crippen LogP) is 9.37. The van der Waals surface area contributed by atoms with Crippen molar-refractivity contribution in [2.75, 3.05) is 0 Å². The number of pyridine rings is 1. The summed E-state index contributed by atoms with van der Waals surface area (Å²) in [5.41, 5.74) is 1.39. The van der Waals surface area contributed by atoms with E-state index in [2.05, 4.69) is 13.6 Å². The van der Waals surface area contributed by atoms with Gasteiger partial charge in [-0.25, -0.2) is 27.4 Å². The van der Waals surface area contributed by atoms with Crippen molar-refractivity contribution >= 4 is 50.1 Å². The Bertz CT molecular complexity index is 2340. The van der Waals surface area contributed by atoms with E-state index in [0.29, 0.717) is 38.6 Å². The summed E-state index contributed by atoms with van der Waals surface area (Å²) < 4.78 is 68.9. The number of nitrogens with zero attached hydrogens (tertiary/aromatic N) is 5. The van der Waals surface area contributed by atoms with Crippen LogP contribution in [0.3, 0.4) is 0 Å². The zero-order chi connectivity index (χ0) is 29.8. The number of halogens is 4. The Balaban J connectivity index is 1.63. The Labute approximate surface area is 245 Å². The molecule has 5 aromatic carbocycles. The lowest BCUT2D eigenvalue weighted by molar-refractivity contribution is 0.454. The molecule has 10 heteroatoms. The first-order valence-electron chi connectivity index (χ1n) is 12.7. The molecular weight excluding hydrogens is 574 g/mol. The summed E-state index contributed by atoms with van der Waals surface area (Å²) in [5.74, 6) is -7.00. The maximum atomic E-state index is 15.3. The SMILES string of the molecule is [C-]#[N+]c1ccccc1-c1ccc2c(c1)nc(-c1ccccc1)c1cc(-c3c(F)c(F)c(C#N)c(F)c3F)c3nsnc3c12. The van der Waals surface area contributed by atoms with Gasteiger partial charge in [-0.1, -0.05) is 66.7 Å². The average molecular weight is 588 g/mol. The van der Waals surface area contributed by atoms with Crippen molar-refractivity contribution in [2.24, 2.45) is 0 Å². The largest absolute Gasteiger partial charge is 0.247 e. The first kappa shape index (κ1) is 26.2. The van der Waals surface area contributed by atoms with E-state index in [1.807, 2.05) is 60.7 Å². The van der Waals surface area contributed by atoms with Gasteiger partial charge in [0.15, 0.2) is 29.0 Å². The molecule has 0 aliphatic rings. The smallest absolute Gasteiger partial charge is 0.194 e. The average Bonchev–Trinajstić information content (AvgIpc) is 3.54. The normalized spacial score (nSPS) is 11.2. The third-order valence-corrected chi connectivity index (χ3v) is 7.85. The fourth-order valence-electron chi connectivity index (χ4n) is 5.37. The minimum absolute atomic E-state index is 0.0350. The molecule has 0 radical (unpaired) electrons. The molecule has 2 heterocycles. The van der Waals surface area contributed by atoms with Crippen LogP contribution in [0.15, 0.2) is 78.9 Å². The topological polar surface area (TPSA) is 66.8 Å². The summed E-state index contributed by atoms with van der Waals surface area (Å²) in [6, 6.07) is 24.4. The second kappa shape index (κ2) is 9.98. The van der Waals surface area contributed by atoms with Crippen molar-refractivity contribution in [3.05, 3.63) is 119 Å². The van der Waals surface area contributed by atoms with E-state index in [1.54, 1.807) is 12.1 Å². The van der Waals surface area contributed by atoms with Crippen molar-refractivity contribution in [1.82, 2.24) is 13.7 Å². The lowest BCUT2D eigenvalue weighted by atomic mass is 9.92. The van der Waals surface area contributed by atoms with Crippen LogP contribution in [0.5, 0.6) is 0 Å². The number of nitriles is 1. The molecule has 0 saturated carbocycles. The van der Waals surface area contributed by atoms with Crippen molar-refractivity contribution in [3.63, 3.8) is 0 Å². The lowest BCUT2D eigenvalue weighted by Crippen LogP contribution is -2.04. The zero-order valence-corrected chi connectivity index (χ0v) is 22.5. The van der Waals surface area contributed by atoms with Gasteiger partial charge in [-0.05, 0) is 23.3 Å². The van der Waals surface area contributed by atoms with Crippen LogP contribution in [0, 0.1) is 41.2 Å². The molecule has 0 aliphatic carbocycles. The van der Waals surface area contributed by atoms with Crippen molar-refractivity contribution < 1.29 is 17.6 Å². The van der Waals surface area contributed by atoms with E-state index < -0.39 is 34.4 Å². The first-order valence-corrected chi connectivity index (χ1v) is 13.5. The van der Waals surface area contributed by atoms with Gasteiger partial charge in [0.05, 0.1) is 35.1 Å². The van der Waals surface area contributed by atoms with Gasteiger partial charge < -0.3 is 0 Å². The Morgan fingerprint density at radius 3 is 2.14 bits per heavy atom. The molecule has 0 saturated heterocycles. The maximum absolute atomic E-state index is 15.3. The lowest BCUT2D eigenvalue weighted by Gasteiger charge is -2.15. The van der Waals surface area contributed by atoms with Gasteiger partial charge in [0.2, 0.25) is 0 Å². The maximum Gasteiger partial charge on any atom is 0.194 e. The number of benzene rings is 5. The fraction of sp³-hybridized carbons (Fsp3) is 0. The van der Waals surface area contributed by atoms with Gasteiger partial charge in [-0.15, -0.1) is 0 Å². The summed E-state index contributed by atoms with van der Waals surface area (Å²) >= 11 is 0.781. The van der Waals surface area contributed by atoms with Gasteiger partial charge in [0.1, 0.15) is 22.7 Å². The number of hydrogen-bond acceptors (Lipinski definition) is 5. The minimum Gasteiger partial charge on any atom is -0.247 e. The summed E-state index contributed by atoms with van der Waals surface area (Å²) in [5, 5.41) is 10.7. The summed E-state index contributed by atoms with van der Waals surface area (Å²) in [4.78, 5) is 8.58. The van der Waals surface area contributed by atoms with Gasteiger partial charge in [0.25, 0.3) is 0 Å². The highest BCUT2D eigenvalue weighted by Crippen LogP contribution is 2.44. The molecule has 7 aromatic rings. The molecule has 204 valence electrons. The Morgan fingerprint density at radius 1 is 0.721 bits per heavy atom. The van der Waals surface area contributed by atoms with E-state index in [9.17, 15) is 8.78 Å². The van der Waals surface area contributed by atoms with Crippen molar-refractivity contribution in [1.29, 1.82) is 5.26 Å².